The fourth-order valence-electron chi connectivity index (χ4n) is 4.33. The summed E-state index contributed by atoms with van der Waals surface area (Å²) in [6.07, 6.45) is 0. The third kappa shape index (κ3) is 3.17. The molecule has 2 aliphatic rings. The molecule has 33 heavy (non-hydrogen) atoms. The van der Waals surface area contributed by atoms with E-state index >= 15 is 0 Å². The first-order valence-corrected chi connectivity index (χ1v) is 11.7. The average molecular weight is 464 g/mol. The van der Waals surface area contributed by atoms with E-state index < -0.39 is 16.0 Å². The number of fused-ring (bicyclic) bond motifs is 2. The SMILES string of the molecule is COC(=O)C1=C(c2ccc3c(c2)OCO3)c2ccccc2S(=O)(=O)N1c1c(C)cccc1C. The van der Waals surface area contributed by atoms with Gasteiger partial charge in [0.15, 0.2) is 17.2 Å². The van der Waals surface area contributed by atoms with Crippen molar-refractivity contribution in [2.75, 3.05) is 18.2 Å². The molecule has 0 saturated heterocycles. The number of hydrogen-bond donors (Lipinski definition) is 0. The molecule has 8 heteroatoms. The van der Waals surface area contributed by atoms with Crippen molar-refractivity contribution in [1.82, 2.24) is 0 Å². The van der Waals surface area contributed by atoms with Gasteiger partial charge in [0.25, 0.3) is 10.0 Å². The molecule has 0 spiro atoms. The Kier molecular flexibility index (Phi) is 4.90. The van der Waals surface area contributed by atoms with Gasteiger partial charge >= 0.3 is 5.97 Å². The van der Waals surface area contributed by atoms with Gasteiger partial charge in [-0.25, -0.2) is 17.5 Å². The summed E-state index contributed by atoms with van der Waals surface area (Å²) in [6.45, 7) is 3.72. The predicted octanol–water partition coefficient (Wildman–Crippen LogP) is 4.17. The van der Waals surface area contributed by atoms with Gasteiger partial charge in [0.05, 0.1) is 17.7 Å². The van der Waals surface area contributed by atoms with Crippen LogP contribution in [0.4, 0.5) is 5.69 Å². The van der Waals surface area contributed by atoms with E-state index in [1.807, 2.05) is 32.0 Å². The third-order valence-corrected chi connectivity index (χ3v) is 7.55. The molecule has 0 atom stereocenters. The zero-order valence-electron chi connectivity index (χ0n) is 18.3. The van der Waals surface area contributed by atoms with Crippen LogP contribution in [0.2, 0.25) is 0 Å². The highest BCUT2D eigenvalue weighted by atomic mass is 32.2. The molecule has 2 aliphatic heterocycles. The summed E-state index contributed by atoms with van der Waals surface area (Å²) < 4.78 is 45.1. The van der Waals surface area contributed by atoms with Gasteiger partial charge < -0.3 is 14.2 Å². The number of carbonyl (C=O) groups is 1. The average Bonchev–Trinajstić information content (AvgIpc) is 3.27. The van der Waals surface area contributed by atoms with E-state index in [1.165, 1.54) is 7.11 Å². The van der Waals surface area contributed by atoms with Crippen LogP contribution in [0, 0.1) is 13.8 Å². The van der Waals surface area contributed by atoms with E-state index in [0.29, 0.717) is 45.0 Å². The Balaban J connectivity index is 1.92. The molecule has 0 aromatic heterocycles. The Morgan fingerprint density at radius 1 is 0.939 bits per heavy atom. The van der Waals surface area contributed by atoms with Crippen molar-refractivity contribution in [2.24, 2.45) is 0 Å². The molecule has 2 heterocycles. The van der Waals surface area contributed by atoms with E-state index in [0.717, 1.165) is 4.31 Å². The first-order valence-electron chi connectivity index (χ1n) is 10.3. The molecule has 0 bridgehead atoms. The smallest absolute Gasteiger partial charge is 0.356 e. The highest BCUT2D eigenvalue weighted by Gasteiger charge is 2.43. The number of esters is 1. The maximum absolute atomic E-state index is 13.9. The minimum absolute atomic E-state index is 0.0764. The van der Waals surface area contributed by atoms with Crippen LogP contribution in [0.5, 0.6) is 11.5 Å². The number of benzene rings is 3. The zero-order chi connectivity index (χ0) is 23.3. The van der Waals surface area contributed by atoms with E-state index in [2.05, 4.69) is 0 Å². The number of sulfonamides is 1. The second-order valence-electron chi connectivity index (χ2n) is 7.79. The van der Waals surface area contributed by atoms with E-state index in [-0.39, 0.29) is 17.4 Å². The fourth-order valence-corrected chi connectivity index (χ4v) is 6.16. The molecule has 3 aromatic rings. The number of aryl methyl sites for hydroxylation is 2. The van der Waals surface area contributed by atoms with Gasteiger partial charge in [0.1, 0.15) is 0 Å². The van der Waals surface area contributed by atoms with Gasteiger partial charge in [-0.1, -0.05) is 42.5 Å². The Morgan fingerprint density at radius 3 is 2.36 bits per heavy atom. The topological polar surface area (TPSA) is 82.1 Å². The molecule has 5 rings (SSSR count). The van der Waals surface area contributed by atoms with Gasteiger partial charge in [-0.05, 0) is 48.7 Å². The Hall–Kier alpha value is -3.78. The summed E-state index contributed by atoms with van der Waals surface area (Å²) in [5.74, 6) is 0.347. The van der Waals surface area contributed by atoms with Crippen LogP contribution in [-0.4, -0.2) is 28.3 Å². The van der Waals surface area contributed by atoms with Crippen LogP contribution in [0.3, 0.4) is 0 Å². The summed E-state index contributed by atoms with van der Waals surface area (Å²) in [6, 6.07) is 17.4. The van der Waals surface area contributed by atoms with Gasteiger partial charge in [-0.15, -0.1) is 0 Å². The Morgan fingerprint density at radius 2 is 1.64 bits per heavy atom. The minimum atomic E-state index is -4.12. The van der Waals surface area contributed by atoms with Crippen LogP contribution in [-0.2, 0) is 19.6 Å². The van der Waals surface area contributed by atoms with Gasteiger partial charge in [0, 0.05) is 11.1 Å². The molecular formula is C25H21NO6S. The lowest BCUT2D eigenvalue weighted by atomic mass is 9.94. The molecule has 0 fully saturated rings. The number of methoxy groups -OCH3 is 1. The molecule has 0 N–H and O–H groups in total. The number of hydrogen-bond acceptors (Lipinski definition) is 6. The van der Waals surface area contributed by atoms with Gasteiger partial charge in [-0.3, -0.25) is 0 Å². The predicted molar refractivity (Wildman–Crippen MR) is 123 cm³/mol. The number of anilines is 1. The summed E-state index contributed by atoms with van der Waals surface area (Å²) in [4.78, 5) is 13.4. The van der Waals surface area contributed by atoms with Crippen LogP contribution in [0.25, 0.3) is 5.57 Å². The standard InChI is InChI=1S/C25H21NO6S/c1-15-7-6-8-16(2)23(15)26-24(25(27)30-3)22(17-11-12-19-20(13-17)32-14-31-19)18-9-4-5-10-21(18)33(26,28)29/h4-13H,14H2,1-3H3. The molecule has 168 valence electrons. The van der Waals surface area contributed by atoms with E-state index in [9.17, 15) is 13.2 Å². The molecule has 0 amide bonds. The van der Waals surface area contributed by atoms with E-state index in [4.69, 9.17) is 14.2 Å². The van der Waals surface area contributed by atoms with Crippen molar-refractivity contribution >= 4 is 27.3 Å². The molecule has 0 saturated carbocycles. The summed E-state index contributed by atoms with van der Waals surface area (Å²) in [5.41, 5.74) is 3.23. The van der Waals surface area contributed by atoms with Crippen molar-refractivity contribution < 1.29 is 27.4 Å². The Labute approximate surface area is 191 Å². The van der Waals surface area contributed by atoms with E-state index in [1.54, 1.807) is 42.5 Å². The van der Waals surface area contributed by atoms with Crippen molar-refractivity contribution in [3.8, 4) is 11.5 Å². The molecule has 0 unspecified atom stereocenters. The number of rotatable bonds is 3. The zero-order valence-corrected chi connectivity index (χ0v) is 19.1. The maximum Gasteiger partial charge on any atom is 0.356 e. The lowest BCUT2D eigenvalue weighted by Crippen LogP contribution is -2.39. The maximum atomic E-state index is 13.9. The number of carbonyl (C=O) groups excluding carboxylic acids is 1. The number of ether oxygens (including phenoxy) is 3. The second-order valence-corrected chi connectivity index (χ2v) is 9.54. The largest absolute Gasteiger partial charge is 0.464 e. The first kappa shape index (κ1) is 21.1. The van der Waals surface area contributed by atoms with Crippen LogP contribution in [0.15, 0.2) is 71.3 Å². The number of para-hydroxylation sites is 1. The number of nitrogens with zero attached hydrogens (tertiary/aromatic N) is 1. The summed E-state index contributed by atoms with van der Waals surface area (Å²) in [5, 5.41) is 0. The first-order chi connectivity index (χ1) is 15.8. The quantitative estimate of drug-likeness (QED) is 0.542. The molecular weight excluding hydrogens is 442 g/mol. The second kappa shape index (κ2) is 7.67. The highest BCUT2D eigenvalue weighted by molar-refractivity contribution is 7.93. The Bertz CT molecular complexity index is 1420. The lowest BCUT2D eigenvalue weighted by Gasteiger charge is -2.34. The van der Waals surface area contributed by atoms with Gasteiger partial charge in [-0.2, -0.15) is 0 Å². The van der Waals surface area contributed by atoms with Gasteiger partial charge in [0.2, 0.25) is 6.79 Å². The van der Waals surface area contributed by atoms with Crippen molar-refractivity contribution in [3.05, 3.63) is 88.6 Å². The molecule has 0 aliphatic carbocycles. The minimum Gasteiger partial charge on any atom is -0.464 e. The van der Waals surface area contributed by atoms with Crippen LogP contribution < -0.4 is 13.8 Å². The van der Waals surface area contributed by atoms with Crippen LogP contribution >= 0.6 is 0 Å². The summed E-state index contributed by atoms with van der Waals surface area (Å²) >= 11 is 0. The normalized spacial score (nSPS) is 15.9. The molecule has 7 nitrogen and oxygen atoms in total. The van der Waals surface area contributed by atoms with Crippen LogP contribution in [0.1, 0.15) is 22.3 Å². The third-order valence-electron chi connectivity index (χ3n) is 5.80. The van der Waals surface area contributed by atoms with Crippen molar-refractivity contribution in [1.29, 1.82) is 0 Å². The molecule has 3 aromatic carbocycles. The monoisotopic (exact) mass is 463 g/mol. The van der Waals surface area contributed by atoms with Crippen molar-refractivity contribution in [2.45, 2.75) is 18.7 Å². The molecule has 0 radical (unpaired) electrons. The van der Waals surface area contributed by atoms with Crippen molar-refractivity contribution in [3.63, 3.8) is 0 Å². The lowest BCUT2D eigenvalue weighted by molar-refractivity contribution is -0.136. The highest BCUT2D eigenvalue weighted by Crippen LogP contribution is 2.46. The fraction of sp³-hybridized carbons (Fsp3) is 0.160. The summed E-state index contributed by atoms with van der Waals surface area (Å²) in [7, 11) is -2.88.